The number of ether oxygens (including phenoxy) is 1. The summed E-state index contributed by atoms with van der Waals surface area (Å²) in [6.07, 6.45) is 3.66. The molecule has 0 aliphatic rings. The van der Waals surface area contributed by atoms with Crippen LogP contribution in [-0.2, 0) is 4.74 Å². The summed E-state index contributed by atoms with van der Waals surface area (Å²) >= 11 is 0. The van der Waals surface area contributed by atoms with E-state index in [1.54, 1.807) is 30.3 Å². The number of esters is 1. The highest BCUT2D eigenvalue weighted by Gasteiger charge is 2.06. The average molecular weight is 296 g/mol. The van der Waals surface area contributed by atoms with Gasteiger partial charge in [-0.1, -0.05) is 36.4 Å². The molecule has 0 saturated heterocycles. The largest absolute Gasteiger partial charge is 0.458 e. The number of urea groups is 1. The van der Waals surface area contributed by atoms with Crippen molar-refractivity contribution in [3.05, 3.63) is 71.8 Å². The van der Waals surface area contributed by atoms with Crippen LogP contribution >= 0.6 is 0 Å². The maximum Gasteiger partial charge on any atom is 0.338 e. The zero-order valence-electron chi connectivity index (χ0n) is 11.9. The fourth-order valence-electron chi connectivity index (χ4n) is 1.79. The highest BCUT2D eigenvalue weighted by molar-refractivity contribution is 5.91. The van der Waals surface area contributed by atoms with Gasteiger partial charge in [-0.3, -0.25) is 0 Å². The number of anilines is 1. The zero-order chi connectivity index (χ0) is 15.8. The maximum absolute atomic E-state index is 11.8. The van der Waals surface area contributed by atoms with E-state index in [9.17, 15) is 9.59 Å². The minimum Gasteiger partial charge on any atom is -0.458 e. The Morgan fingerprint density at radius 1 is 1.05 bits per heavy atom. The second-order valence-electron chi connectivity index (χ2n) is 4.48. The Balaban J connectivity index is 1.84. The van der Waals surface area contributed by atoms with Gasteiger partial charge in [0.2, 0.25) is 0 Å². The molecule has 3 N–H and O–H groups in total. The highest BCUT2D eigenvalue weighted by atomic mass is 16.5. The van der Waals surface area contributed by atoms with Gasteiger partial charge in [0.1, 0.15) is 6.61 Å². The lowest BCUT2D eigenvalue weighted by atomic mass is 10.2. The predicted octanol–water partition coefficient (Wildman–Crippen LogP) is 3.05. The molecule has 0 bridgehead atoms. The third-order valence-corrected chi connectivity index (χ3v) is 2.81. The number of primary amides is 1. The molecule has 0 atom stereocenters. The summed E-state index contributed by atoms with van der Waals surface area (Å²) in [5, 5.41) is 2.42. The number of hydrogen-bond donors (Lipinski definition) is 2. The second-order valence-corrected chi connectivity index (χ2v) is 4.48. The average Bonchev–Trinajstić information content (AvgIpc) is 2.52. The number of rotatable bonds is 5. The van der Waals surface area contributed by atoms with Crippen molar-refractivity contribution in [3.63, 3.8) is 0 Å². The van der Waals surface area contributed by atoms with Crippen molar-refractivity contribution in [1.29, 1.82) is 0 Å². The summed E-state index contributed by atoms with van der Waals surface area (Å²) in [7, 11) is 0. The van der Waals surface area contributed by atoms with Gasteiger partial charge in [0.25, 0.3) is 0 Å². The Hall–Kier alpha value is -3.08. The van der Waals surface area contributed by atoms with E-state index in [0.717, 1.165) is 5.56 Å². The van der Waals surface area contributed by atoms with Gasteiger partial charge in [0.05, 0.1) is 5.56 Å². The Bertz CT molecular complexity index is 664. The highest BCUT2D eigenvalue weighted by Crippen LogP contribution is 2.10. The number of benzene rings is 2. The number of amides is 2. The van der Waals surface area contributed by atoms with Gasteiger partial charge in [0, 0.05) is 5.69 Å². The summed E-state index contributed by atoms with van der Waals surface area (Å²) in [6, 6.07) is 15.4. The molecule has 0 fully saturated rings. The van der Waals surface area contributed by atoms with Crippen molar-refractivity contribution in [2.75, 3.05) is 11.9 Å². The van der Waals surface area contributed by atoms with E-state index >= 15 is 0 Å². The van der Waals surface area contributed by atoms with Crippen LogP contribution in [0.25, 0.3) is 6.08 Å². The van der Waals surface area contributed by atoms with Crippen molar-refractivity contribution in [3.8, 4) is 0 Å². The normalized spacial score (nSPS) is 10.4. The molecule has 2 aromatic rings. The number of nitrogens with one attached hydrogen (secondary N) is 1. The standard InChI is InChI=1S/C17H16N2O3/c18-17(21)19-15-10-8-14(9-11-15)16(20)22-12-4-7-13-5-2-1-3-6-13/h1-11H,12H2,(H3,18,19,21). The molecule has 0 heterocycles. The molecule has 0 radical (unpaired) electrons. The molecule has 2 aromatic carbocycles. The van der Waals surface area contributed by atoms with Crippen LogP contribution in [0.3, 0.4) is 0 Å². The molecular weight excluding hydrogens is 280 g/mol. The summed E-state index contributed by atoms with van der Waals surface area (Å²) < 4.78 is 5.13. The van der Waals surface area contributed by atoms with Crippen LogP contribution in [-0.4, -0.2) is 18.6 Å². The number of carbonyl (C=O) groups is 2. The molecular formula is C17H16N2O3. The van der Waals surface area contributed by atoms with Gasteiger partial charge in [-0.2, -0.15) is 0 Å². The summed E-state index contributed by atoms with van der Waals surface area (Å²) in [5.74, 6) is -0.427. The fraction of sp³-hybridized carbons (Fsp3) is 0.0588. The minimum atomic E-state index is -0.652. The van der Waals surface area contributed by atoms with Gasteiger partial charge in [-0.05, 0) is 35.9 Å². The van der Waals surface area contributed by atoms with E-state index in [1.165, 1.54) is 0 Å². The maximum atomic E-state index is 11.8. The summed E-state index contributed by atoms with van der Waals surface area (Å²) in [6.45, 7) is 0.189. The van der Waals surface area contributed by atoms with Crippen molar-refractivity contribution in [2.24, 2.45) is 5.73 Å². The zero-order valence-corrected chi connectivity index (χ0v) is 11.9. The first-order valence-electron chi connectivity index (χ1n) is 6.70. The Kier molecular flexibility index (Phi) is 5.31. The van der Waals surface area contributed by atoms with E-state index in [2.05, 4.69) is 5.32 Å². The number of hydrogen-bond acceptors (Lipinski definition) is 3. The topological polar surface area (TPSA) is 81.4 Å². The van der Waals surface area contributed by atoms with Crippen molar-refractivity contribution < 1.29 is 14.3 Å². The molecule has 112 valence electrons. The first kappa shape index (κ1) is 15.3. The molecule has 0 spiro atoms. The number of carbonyl (C=O) groups excluding carboxylic acids is 2. The quantitative estimate of drug-likeness (QED) is 0.832. The monoisotopic (exact) mass is 296 g/mol. The lowest BCUT2D eigenvalue weighted by Crippen LogP contribution is -2.19. The van der Waals surface area contributed by atoms with Crippen LogP contribution in [0.5, 0.6) is 0 Å². The van der Waals surface area contributed by atoms with Gasteiger partial charge in [-0.25, -0.2) is 9.59 Å². The first-order chi connectivity index (χ1) is 10.6. The van der Waals surface area contributed by atoms with Crippen molar-refractivity contribution in [2.45, 2.75) is 0 Å². The van der Waals surface area contributed by atoms with E-state index in [0.29, 0.717) is 11.3 Å². The molecule has 0 saturated carbocycles. The summed E-state index contributed by atoms with van der Waals surface area (Å²) in [5.41, 5.74) is 6.97. The third-order valence-electron chi connectivity index (χ3n) is 2.81. The van der Waals surface area contributed by atoms with Gasteiger partial charge < -0.3 is 15.8 Å². The molecule has 2 rings (SSSR count). The molecule has 5 heteroatoms. The Morgan fingerprint density at radius 3 is 2.36 bits per heavy atom. The van der Waals surface area contributed by atoms with E-state index in [1.807, 2.05) is 36.4 Å². The van der Waals surface area contributed by atoms with Crippen LogP contribution in [0, 0.1) is 0 Å². The molecule has 0 aliphatic heterocycles. The predicted molar refractivity (Wildman–Crippen MR) is 85.4 cm³/mol. The lowest BCUT2D eigenvalue weighted by Gasteiger charge is -2.04. The van der Waals surface area contributed by atoms with Crippen molar-refractivity contribution >= 4 is 23.8 Å². The Labute approximate surface area is 128 Å². The van der Waals surface area contributed by atoms with E-state index < -0.39 is 12.0 Å². The van der Waals surface area contributed by atoms with E-state index in [4.69, 9.17) is 10.5 Å². The number of nitrogens with two attached hydrogens (primary N) is 1. The lowest BCUT2D eigenvalue weighted by molar-refractivity contribution is 0.0550. The van der Waals surface area contributed by atoms with Crippen LogP contribution in [0.1, 0.15) is 15.9 Å². The smallest absolute Gasteiger partial charge is 0.338 e. The third kappa shape index (κ3) is 4.79. The summed E-state index contributed by atoms with van der Waals surface area (Å²) in [4.78, 5) is 22.5. The second kappa shape index (κ2) is 7.64. The van der Waals surface area contributed by atoms with Gasteiger partial charge >= 0.3 is 12.0 Å². The fourth-order valence-corrected chi connectivity index (χ4v) is 1.79. The van der Waals surface area contributed by atoms with E-state index in [-0.39, 0.29) is 6.61 Å². The molecule has 0 aromatic heterocycles. The van der Waals surface area contributed by atoms with Crippen LogP contribution < -0.4 is 11.1 Å². The van der Waals surface area contributed by atoms with Crippen LogP contribution in [0.15, 0.2) is 60.7 Å². The minimum absolute atomic E-state index is 0.189. The van der Waals surface area contributed by atoms with Gasteiger partial charge in [0.15, 0.2) is 0 Å². The molecule has 2 amide bonds. The molecule has 5 nitrogen and oxygen atoms in total. The van der Waals surface area contributed by atoms with Gasteiger partial charge in [-0.15, -0.1) is 0 Å². The molecule has 22 heavy (non-hydrogen) atoms. The molecule has 0 unspecified atom stereocenters. The SMILES string of the molecule is NC(=O)Nc1ccc(C(=O)OCC=Cc2ccccc2)cc1. The first-order valence-corrected chi connectivity index (χ1v) is 6.70. The molecule has 0 aliphatic carbocycles. The Morgan fingerprint density at radius 2 is 1.73 bits per heavy atom. The van der Waals surface area contributed by atoms with Crippen LogP contribution in [0.2, 0.25) is 0 Å². The van der Waals surface area contributed by atoms with Crippen molar-refractivity contribution in [1.82, 2.24) is 0 Å². The van der Waals surface area contributed by atoms with Crippen LogP contribution in [0.4, 0.5) is 10.5 Å².